The van der Waals surface area contributed by atoms with Crippen LogP contribution in [0.4, 0.5) is 5.69 Å². The quantitative estimate of drug-likeness (QED) is 0.299. The van der Waals surface area contributed by atoms with Gasteiger partial charge in [-0.1, -0.05) is 54.1 Å². The number of hydrogen-bond acceptors (Lipinski definition) is 7. The Kier molecular flexibility index (Phi) is 5.39. The number of imide groups is 1. The summed E-state index contributed by atoms with van der Waals surface area (Å²) in [4.78, 5) is 68.6. The average molecular weight is 510 g/mol. The van der Waals surface area contributed by atoms with Crippen LogP contribution in [0.15, 0.2) is 72.8 Å². The number of nitrogens with zero attached hydrogens (tertiary/aromatic N) is 1. The summed E-state index contributed by atoms with van der Waals surface area (Å²) < 4.78 is 11.3. The van der Waals surface area contributed by atoms with E-state index >= 15 is 0 Å². The van der Waals surface area contributed by atoms with Crippen LogP contribution in [0.3, 0.4) is 0 Å². The molecule has 0 radical (unpaired) electrons. The van der Waals surface area contributed by atoms with E-state index in [-0.39, 0.29) is 29.0 Å². The van der Waals surface area contributed by atoms with Crippen LogP contribution in [-0.4, -0.2) is 41.6 Å². The van der Waals surface area contributed by atoms with Gasteiger partial charge in [0.05, 0.1) is 35.8 Å². The molecule has 8 nitrogen and oxygen atoms in total. The van der Waals surface area contributed by atoms with Gasteiger partial charge in [0.1, 0.15) is 0 Å². The lowest BCUT2D eigenvalue weighted by atomic mass is 9.77. The summed E-state index contributed by atoms with van der Waals surface area (Å²) in [7, 11) is 0. The summed E-state index contributed by atoms with van der Waals surface area (Å²) in [5, 5.41) is 0. The van der Waals surface area contributed by atoms with Crippen molar-refractivity contribution in [2.24, 2.45) is 11.8 Å². The Labute approximate surface area is 218 Å². The van der Waals surface area contributed by atoms with E-state index in [1.165, 1.54) is 36.4 Å². The minimum Gasteiger partial charge on any atom is -0.462 e. The summed E-state index contributed by atoms with van der Waals surface area (Å²) in [6.07, 6.45) is -0.984. The highest BCUT2D eigenvalue weighted by Gasteiger charge is 2.74. The molecule has 3 aliphatic rings. The summed E-state index contributed by atoms with van der Waals surface area (Å²) >= 11 is 0. The van der Waals surface area contributed by atoms with Gasteiger partial charge in [-0.3, -0.25) is 19.2 Å². The van der Waals surface area contributed by atoms with E-state index in [1.54, 1.807) is 31.2 Å². The molecule has 0 aromatic heterocycles. The first-order valence-electron chi connectivity index (χ1n) is 12.4. The van der Waals surface area contributed by atoms with Gasteiger partial charge in [-0.25, -0.2) is 9.69 Å². The number of carbonyl (C=O) groups excluding carboxylic acids is 5. The third kappa shape index (κ3) is 3.16. The van der Waals surface area contributed by atoms with E-state index in [4.69, 9.17) is 9.47 Å². The van der Waals surface area contributed by atoms with Crippen LogP contribution in [-0.2, 0) is 19.1 Å². The second-order valence-corrected chi connectivity index (χ2v) is 9.67. The molecule has 0 saturated carbocycles. The largest absolute Gasteiger partial charge is 0.462 e. The van der Waals surface area contributed by atoms with Gasteiger partial charge in [-0.05, 0) is 43.7 Å². The van der Waals surface area contributed by atoms with Crippen LogP contribution in [0, 0.1) is 18.8 Å². The fraction of sp³-hybridized carbons (Fsp3) is 0.233. The molecule has 2 fully saturated rings. The molecule has 38 heavy (non-hydrogen) atoms. The van der Waals surface area contributed by atoms with Crippen molar-refractivity contribution in [1.29, 1.82) is 0 Å². The molecule has 1 spiro atoms. The highest BCUT2D eigenvalue weighted by Crippen LogP contribution is 2.57. The number of aryl methyl sites for hydroxylation is 1. The smallest absolute Gasteiger partial charge is 0.338 e. The van der Waals surface area contributed by atoms with Crippen molar-refractivity contribution in [2.75, 3.05) is 11.5 Å². The number of Topliss-reactive ketones (excluding diaryl/α,β-unsaturated/α-hetero) is 2. The fourth-order valence-corrected chi connectivity index (χ4v) is 5.88. The molecule has 3 atom stereocenters. The zero-order valence-corrected chi connectivity index (χ0v) is 20.7. The molecule has 3 aromatic carbocycles. The standard InChI is InChI=1S/C30H23NO7/c1-3-37-29(36)17-11-13-19(14-12-17)31-27(34)22-23(28(31)35)30(38-24(22)18-8-6-7-16(2)15-18)25(32)20-9-4-5-10-21(20)26(30)33/h4-15,22-24H,3H2,1-2H3/t22-,23+,24-/m0/s1. The highest BCUT2D eigenvalue weighted by atomic mass is 16.5. The first-order valence-corrected chi connectivity index (χ1v) is 12.4. The Hall–Kier alpha value is -4.43. The number of hydrogen-bond donors (Lipinski definition) is 0. The predicted octanol–water partition coefficient (Wildman–Crippen LogP) is 3.87. The highest BCUT2D eigenvalue weighted by molar-refractivity contribution is 6.37. The van der Waals surface area contributed by atoms with Gasteiger partial charge >= 0.3 is 5.97 Å². The second kappa shape index (κ2) is 8.56. The van der Waals surface area contributed by atoms with Crippen molar-refractivity contribution in [3.8, 4) is 0 Å². The summed E-state index contributed by atoms with van der Waals surface area (Å²) in [6, 6.07) is 19.5. The van der Waals surface area contributed by atoms with Crippen LogP contribution < -0.4 is 4.90 Å². The van der Waals surface area contributed by atoms with Gasteiger partial charge in [0.15, 0.2) is 0 Å². The van der Waals surface area contributed by atoms with Crippen molar-refractivity contribution < 1.29 is 33.4 Å². The lowest BCUT2D eigenvalue weighted by Crippen LogP contribution is -2.51. The second-order valence-electron chi connectivity index (χ2n) is 9.67. The average Bonchev–Trinajstić information content (AvgIpc) is 3.49. The molecule has 1 aliphatic carbocycles. The molecule has 2 saturated heterocycles. The number of fused-ring (bicyclic) bond motifs is 3. The molecule has 0 N–H and O–H groups in total. The van der Waals surface area contributed by atoms with E-state index in [9.17, 15) is 24.0 Å². The molecule has 2 aliphatic heterocycles. The monoisotopic (exact) mass is 509 g/mol. The van der Waals surface area contributed by atoms with Crippen LogP contribution >= 0.6 is 0 Å². The van der Waals surface area contributed by atoms with Gasteiger partial charge in [0.2, 0.25) is 29.0 Å². The fourth-order valence-electron chi connectivity index (χ4n) is 5.88. The first-order chi connectivity index (χ1) is 18.3. The minimum absolute atomic E-state index is 0.179. The maximum absolute atomic E-state index is 14.0. The number of anilines is 1. The Morgan fingerprint density at radius 3 is 2.16 bits per heavy atom. The third-order valence-corrected chi connectivity index (χ3v) is 7.53. The molecular formula is C30H23NO7. The zero-order valence-electron chi connectivity index (χ0n) is 20.7. The summed E-state index contributed by atoms with van der Waals surface area (Å²) in [5.74, 6) is -5.42. The Morgan fingerprint density at radius 1 is 0.895 bits per heavy atom. The van der Waals surface area contributed by atoms with Gasteiger partial charge in [-0.2, -0.15) is 0 Å². The van der Waals surface area contributed by atoms with Gasteiger partial charge in [0.25, 0.3) is 0 Å². The number of esters is 1. The van der Waals surface area contributed by atoms with E-state index < -0.39 is 52.9 Å². The Morgan fingerprint density at radius 2 is 1.55 bits per heavy atom. The Balaban J connectivity index is 1.47. The van der Waals surface area contributed by atoms with Gasteiger partial charge in [0, 0.05) is 11.1 Å². The lowest BCUT2D eigenvalue weighted by molar-refractivity contribution is -0.127. The van der Waals surface area contributed by atoms with E-state index in [2.05, 4.69) is 0 Å². The topological polar surface area (TPSA) is 107 Å². The number of carbonyl (C=O) groups is 5. The molecule has 0 bridgehead atoms. The molecular weight excluding hydrogens is 486 g/mol. The number of ketones is 2. The molecule has 2 amide bonds. The first kappa shape index (κ1) is 23.9. The number of amides is 2. The Bertz CT molecular complexity index is 1510. The van der Waals surface area contributed by atoms with Crippen LogP contribution in [0.1, 0.15) is 55.2 Å². The molecule has 0 unspecified atom stereocenters. The maximum Gasteiger partial charge on any atom is 0.338 e. The van der Waals surface area contributed by atoms with Crippen molar-refractivity contribution >= 4 is 35.0 Å². The molecule has 2 heterocycles. The van der Waals surface area contributed by atoms with Crippen molar-refractivity contribution in [1.82, 2.24) is 0 Å². The maximum atomic E-state index is 14.0. The number of benzene rings is 3. The van der Waals surface area contributed by atoms with Crippen molar-refractivity contribution in [3.63, 3.8) is 0 Å². The zero-order chi connectivity index (χ0) is 26.8. The van der Waals surface area contributed by atoms with Crippen LogP contribution in [0.5, 0.6) is 0 Å². The summed E-state index contributed by atoms with van der Waals surface area (Å²) in [5.41, 5.74) is 0.236. The normalized spacial score (nSPS) is 23.2. The van der Waals surface area contributed by atoms with Gasteiger partial charge < -0.3 is 9.47 Å². The molecule has 3 aromatic rings. The van der Waals surface area contributed by atoms with Crippen LogP contribution in [0.2, 0.25) is 0 Å². The van der Waals surface area contributed by atoms with E-state index in [0.29, 0.717) is 5.56 Å². The number of rotatable bonds is 4. The molecule has 190 valence electrons. The predicted molar refractivity (Wildman–Crippen MR) is 135 cm³/mol. The van der Waals surface area contributed by atoms with E-state index in [0.717, 1.165) is 10.5 Å². The van der Waals surface area contributed by atoms with Crippen molar-refractivity contribution in [3.05, 3.63) is 101 Å². The third-order valence-electron chi connectivity index (χ3n) is 7.53. The van der Waals surface area contributed by atoms with Crippen molar-refractivity contribution in [2.45, 2.75) is 25.6 Å². The van der Waals surface area contributed by atoms with Crippen LogP contribution in [0.25, 0.3) is 0 Å². The lowest BCUT2D eigenvalue weighted by Gasteiger charge is -2.27. The SMILES string of the molecule is CCOC(=O)c1ccc(N2C(=O)[C@@H]3[C@H](c4cccc(C)c4)OC4(C(=O)c5ccccc5C4=O)[C@H]3C2=O)cc1. The molecule has 6 rings (SSSR count). The van der Waals surface area contributed by atoms with Gasteiger partial charge in [-0.15, -0.1) is 0 Å². The summed E-state index contributed by atoms with van der Waals surface area (Å²) in [6.45, 7) is 3.78. The molecule has 8 heteroatoms. The minimum atomic E-state index is -2.13. The number of ether oxygens (including phenoxy) is 2. The van der Waals surface area contributed by atoms with E-state index in [1.807, 2.05) is 19.1 Å².